The molecule has 0 aromatic heterocycles. The molecular formula is C23H17NO4. The zero-order valence-electron chi connectivity index (χ0n) is 15.1. The Morgan fingerprint density at radius 3 is 2.18 bits per heavy atom. The molecule has 1 spiro atoms. The molecule has 1 N–H and O–H groups in total. The van der Waals surface area contributed by atoms with E-state index in [1.165, 1.54) is 29.2 Å². The molecule has 0 bridgehead atoms. The predicted molar refractivity (Wildman–Crippen MR) is 105 cm³/mol. The van der Waals surface area contributed by atoms with Gasteiger partial charge in [-0.05, 0) is 42.0 Å². The van der Waals surface area contributed by atoms with Gasteiger partial charge >= 0.3 is 0 Å². The molecule has 1 aliphatic heterocycles. The number of allylic oxidation sites excluding steroid dienone is 2. The van der Waals surface area contributed by atoms with Gasteiger partial charge < -0.3 is 10.0 Å². The average molecular weight is 371 g/mol. The van der Waals surface area contributed by atoms with Crippen molar-refractivity contribution < 1.29 is 19.5 Å². The van der Waals surface area contributed by atoms with Gasteiger partial charge in [0.25, 0.3) is 5.91 Å². The summed E-state index contributed by atoms with van der Waals surface area (Å²) in [6.07, 6.45) is 6.08. The lowest BCUT2D eigenvalue weighted by atomic mass is 9.80. The van der Waals surface area contributed by atoms with E-state index in [0.717, 1.165) is 0 Å². The number of hydrogen-bond donors (Lipinski definition) is 1. The third-order valence-corrected chi connectivity index (χ3v) is 5.17. The van der Waals surface area contributed by atoms with Crippen LogP contribution in [0, 0.1) is 0 Å². The molecule has 1 heterocycles. The number of ketones is 2. The van der Waals surface area contributed by atoms with E-state index in [4.69, 9.17) is 0 Å². The molecule has 0 radical (unpaired) electrons. The van der Waals surface area contributed by atoms with Crippen molar-refractivity contribution in [3.8, 4) is 5.75 Å². The number of para-hydroxylation sites is 1. The van der Waals surface area contributed by atoms with Gasteiger partial charge in [0, 0.05) is 12.6 Å². The summed E-state index contributed by atoms with van der Waals surface area (Å²) in [4.78, 5) is 39.7. The first kappa shape index (κ1) is 17.7. The maximum Gasteiger partial charge on any atom is 0.259 e. The van der Waals surface area contributed by atoms with Crippen LogP contribution in [0.5, 0.6) is 5.75 Å². The molecule has 4 rings (SSSR count). The van der Waals surface area contributed by atoms with E-state index in [0.29, 0.717) is 11.1 Å². The summed E-state index contributed by atoms with van der Waals surface area (Å²) in [6.45, 7) is 0. The van der Waals surface area contributed by atoms with Gasteiger partial charge in [-0.1, -0.05) is 42.5 Å². The van der Waals surface area contributed by atoms with Crippen LogP contribution in [0.25, 0.3) is 5.57 Å². The number of nitrogens with zero attached hydrogens (tertiary/aromatic N) is 1. The molecule has 1 amide bonds. The van der Waals surface area contributed by atoms with Crippen molar-refractivity contribution in [2.24, 2.45) is 0 Å². The molecule has 5 nitrogen and oxygen atoms in total. The van der Waals surface area contributed by atoms with Gasteiger partial charge in [0.1, 0.15) is 11.3 Å². The number of phenolic OH excluding ortho intramolecular Hbond substituents is 1. The number of Topliss-reactive ketones (excluding diaryl/α,β-unsaturated/α-hetero) is 1. The van der Waals surface area contributed by atoms with E-state index in [2.05, 4.69) is 0 Å². The fraction of sp³-hybridized carbons (Fsp3) is 0.0870. The number of benzene rings is 2. The van der Waals surface area contributed by atoms with Crippen molar-refractivity contribution in [2.45, 2.75) is 5.54 Å². The SMILES string of the molecule is CN1C(=O)C(C(=O)c2ccccc2O)=C(c2ccccc2)C12C=CC(=O)C=C2. The number of aromatic hydroxyl groups is 1. The van der Waals surface area contributed by atoms with Gasteiger partial charge in [0.05, 0.1) is 11.1 Å². The number of hydrogen-bond acceptors (Lipinski definition) is 4. The molecule has 2 aliphatic rings. The monoisotopic (exact) mass is 371 g/mol. The third kappa shape index (κ3) is 2.52. The first-order valence-electron chi connectivity index (χ1n) is 8.79. The predicted octanol–water partition coefficient (Wildman–Crippen LogP) is 2.93. The fourth-order valence-corrected chi connectivity index (χ4v) is 3.72. The average Bonchev–Trinajstić information content (AvgIpc) is 2.93. The van der Waals surface area contributed by atoms with Crippen molar-refractivity contribution in [1.29, 1.82) is 0 Å². The second-order valence-corrected chi connectivity index (χ2v) is 6.72. The van der Waals surface area contributed by atoms with Gasteiger partial charge in [-0.15, -0.1) is 0 Å². The van der Waals surface area contributed by atoms with Crippen LogP contribution < -0.4 is 0 Å². The van der Waals surface area contributed by atoms with Crippen molar-refractivity contribution in [3.63, 3.8) is 0 Å². The van der Waals surface area contributed by atoms with E-state index in [-0.39, 0.29) is 22.7 Å². The maximum absolute atomic E-state index is 13.3. The number of amides is 1. The van der Waals surface area contributed by atoms with E-state index in [1.54, 1.807) is 31.3 Å². The fourth-order valence-electron chi connectivity index (χ4n) is 3.72. The molecular weight excluding hydrogens is 354 g/mol. The number of carbonyl (C=O) groups is 3. The lowest BCUT2D eigenvalue weighted by molar-refractivity contribution is -0.126. The summed E-state index contributed by atoms with van der Waals surface area (Å²) >= 11 is 0. The van der Waals surface area contributed by atoms with Gasteiger partial charge in [-0.3, -0.25) is 14.4 Å². The first-order chi connectivity index (χ1) is 13.5. The highest BCUT2D eigenvalue weighted by Gasteiger charge is 2.50. The highest BCUT2D eigenvalue weighted by molar-refractivity contribution is 6.34. The van der Waals surface area contributed by atoms with Gasteiger partial charge in [0.2, 0.25) is 5.78 Å². The Morgan fingerprint density at radius 1 is 0.929 bits per heavy atom. The van der Waals surface area contributed by atoms with Crippen LogP contribution >= 0.6 is 0 Å². The van der Waals surface area contributed by atoms with E-state index < -0.39 is 17.2 Å². The molecule has 0 fully saturated rings. The van der Waals surface area contributed by atoms with Crippen LogP contribution in [0.3, 0.4) is 0 Å². The molecule has 0 saturated carbocycles. The zero-order valence-corrected chi connectivity index (χ0v) is 15.1. The minimum Gasteiger partial charge on any atom is -0.507 e. The molecule has 1 aliphatic carbocycles. The quantitative estimate of drug-likeness (QED) is 0.665. The van der Waals surface area contributed by atoms with Crippen molar-refractivity contribution in [3.05, 3.63) is 95.6 Å². The minimum absolute atomic E-state index is 0.0150. The molecule has 2 aromatic carbocycles. The second kappa shape index (κ2) is 6.46. The normalized spacial score (nSPS) is 17.7. The Hall–Kier alpha value is -3.73. The Balaban J connectivity index is 2.01. The van der Waals surface area contributed by atoms with Crippen molar-refractivity contribution >= 4 is 23.0 Å². The summed E-state index contributed by atoms with van der Waals surface area (Å²) in [5.74, 6) is -1.38. The lowest BCUT2D eigenvalue weighted by Crippen LogP contribution is -2.43. The summed E-state index contributed by atoms with van der Waals surface area (Å²) in [6, 6.07) is 15.3. The highest BCUT2D eigenvalue weighted by atomic mass is 16.3. The Morgan fingerprint density at radius 2 is 1.54 bits per heavy atom. The zero-order chi connectivity index (χ0) is 19.9. The molecule has 2 aromatic rings. The van der Waals surface area contributed by atoms with E-state index >= 15 is 0 Å². The summed E-state index contributed by atoms with van der Waals surface area (Å²) in [7, 11) is 1.60. The number of carbonyl (C=O) groups excluding carboxylic acids is 3. The first-order valence-corrected chi connectivity index (χ1v) is 8.79. The van der Waals surface area contributed by atoms with Crippen LogP contribution in [0.4, 0.5) is 0 Å². The van der Waals surface area contributed by atoms with Gasteiger partial charge in [0.15, 0.2) is 5.78 Å². The lowest BCUT2D eigenvalue weighted by Gasteiger charge is -2.34. The Kier molecular flexibility index (Phi) is 4.08. The van der Waals surface area contributed by atoms with Crippen LogP contribution in [-0.2, 0) is 9.59 Å². The van der Waals surface area contributed by atoms with Gasteiger partial charge in [-0.2, -0.15) is 0 Å². The number of rotatable bonds is 3. The number of phenols is 1. The molecule has 28 heavy (non-hydrogen) atoms. The smallest absolute Gasteiger partial charge is 0.259 e. The molecule has 0 unspecified atom stereocenters. The maximum atomic E-state index is 13.3. The molecule has 0 saturated heterocycles. The molecule has 5 heteroatoms. The molecule has 0 atom stereocenters. The van der Waals surface area contributed by atoms with E-state index in [9.17, 15) is 19.5 Å². The molecule has 138 valence electrons. The van der Waals surface area contributed by atoms with Crippen LogP contribution in [0.15, 0.2) is 84.5 Å². The van der Waals surface area contributed by atoms with Crippen LogP contribution in [0.1, 0.15) is 15.9 Å². The summed E-state index contributed by atoms with van der Waals surface area (Å²) in [5, 5.41) is 10.1. The van der Waals surface area contributed by atoms with Crippen molar-refractivity contribution in [1.82, 2.24) is 4.90 Å². The Labute approximate surface area is 161 Å². The van der Waals surface area contributed by atoms with Gasteiger partial charge in [-0.25, -0.2) is 0 Å². The van der Waals surface area contributed by atoms with Crippen LogP contribution in [0.2, 0.25) is 0 Å². The Bertz CT molecular complexity index is 1080. The third-order valence-electron chi connectivity index (χ3n) is 5.17. The largest absolute Gasteiger partial charge is 0.507 e. The summed E-state index contributed by atoms with van der Waals surface area (Å²) in [5.41, 5.74) is 0.196. The topological polar surface area (TPSA) is 74.7 Å². The number of likely N-dealkylation sites (N-methyl/N-ethyl adjacent to an activating group) is 1. The highest BCUT2D eigenvalue weighted by Crippen LogP contribution is 2.45. The van der Waals surface area contributed by atoms with E-state index in [1.807, 2.05) is 30.3 Å². The summed E-state index contributed by atoms with van der Waals surface area (Å²) < 4.78 is 0. The van der Waals surface area contributed by atoms with Crippen molar-refractivity contribution in [2.75, 3.05) is 7.05 Å². The minimum atomic E-state index is -1.04. The standard InChI is InChI=1S/C23H17NO4/c1-24-22(28)19(21(27)17-9-5-6-10-18(17)26)20(15-7-3-2-4-8-15)23(24)13-11-16(25)12-14-23/h2-14,26H,1H3. The second-order valence-electron chi connectivity index (χ2n) is 6.72. The van der Waals surface area contributed by atoms with Crippen LogP contribution in [-0.4, -0.2) is 40.1 Å².